The van der Waals surface area contributed by atoms with E-state index in [0.717, 1.165) is 5.56 Å². The Kier molecular flexibility index (Phi) is 5.13. The summed E-state index contributed by atoms with van der Waals surface area (Å²) in [5.41, 5.74) is 1.37. The molecule has 1 atom stereocenters. The number of carbonyl (C=O) groups excluding carboxylic acids is 1. The van der Waals surface area contributed by atoms with Crippen LogP contribution in [0.2, 0.25) is 0 Å². The summed E-state index contributed by atoms with van der Waals surface area (Å²) >= 11 is 3.39. The van der Waals surface area contributed by atoms with Gasteiger partial charge in [-0.15, -0.1) is 0 Å². The summed E-state index contributed by atoms with van der Waals surface area (Å²) < 4.78 is 5.87. The van der Waals surface area contributed by atoms with Crippen molar-refractivity contribution in [3.05, 3.63) is 64.1 Å². The molecule has 3 nitrogen and oxygen atoms in total. The molecule has 0 amide bonds. The number of carbonyl (C=O) groups is 1. The van der Waals surface area contributed by atoms with E-state index in [1.165, 1.54) is 0 Å². The third-order valence-corrected chi connectivity index (χ3v) is 3.94. The Labute approximate surface area is 132 Å². The fraction of sp³-hybridized carbons (Fsp3) is 0.176. The molecule has 0 heterocycles. The second-order valence-corrected chi connectivity index (χ2v) is 5.39. The Balaban J connectivity index is 2.42. The van der Waals surface area contributed by atoms with Crippen molar-refractivity contribution >= 4 is 21.7 Å². The number of halogens is 1. The molecule has 106 valence electrons. The topological polar surface area (TPSA) is 50.1 Å². The zero-order valence-electron chi connectivity index (χ0n) is 11.5. The quantitative estimate of drug-likeness (QED) is 0.758. The van der Waals surface area contributed by atoms with E-state index in [-0.39, 0.29) is 12.2 Å². The van der Waals surface area contributed by atoms with E-state index < -0.39 is 5.92 Å². The first kappa shape index (κ1) is 15.3. The first-order valence-electron chi connectivity index (χ1n) is 6.47. The van der Waals surface area contributed by atoms with E-state index in [1.54, 1.807) is 25.3 Å². The van der Waals surface area contributed by atoms with E-state index in [1.807, 2.05) is 30.3 Å². The number of methoxy groups -OCH3 is 1. The van der Waals surface area contributed by atoms with E-state index >= 15 is 0 Å². The van der Waals surface area contributed by atoms with Gasteiger partial charge < -0.3 is 4.74 Å². The van der Waals surface area contributed by atoms with Gasteiger partial charge in [-0.25, -0.2) is 0 Å². The van der Waals surface area contributed by atoms with Gasteiger partial charge in [0.25, 0.3) is 0 Å². The molecule has 2 aromatic carbocycles. The molecule has 21 heavy (non-hydrogen) atoms. The van der Waals surface area contributed by atoms with Gasteiger partial charge in [-0.2, -0.15) is 5.26 Å². The van der Waals surface area contributed by atoms with Crippen molar-refractivity contribution in [3.63, 3.8) is 0 Å². The highest BCUT2D eigenvalue weighted by atomic mass is 79.9. The van der Waals surface area contributed by atoms with Crippen LogP contribution in [0, 0.1) is 11.3 Å². The maximum absolute atomic E-state index is 12.8. The van der Waals surface area contributed by atoms with Crippen molar-refractivity contribution in [1.82, 2.24) is 0 Å². The second kappa shape index (κ2) is 7.05. The molecular formula is C17H14BrNO2. The average Bonchev–Trinajstić information content (AvgIpc) is 2.53. The molecule has 4 heteroatoms. The minimum Gasteiger partial charge on any atom is -0.497 e. The number of nitriles is 1. The van der Waals surface area contributed by atoms with Gasteiger partial charge in [0.15, 0.2) is 5.78 Å². The zero-order valence-corrected chi connectivity index (χ0v) is 13.1. The molecule has 0 bridgehead atoms. The van der Waals surface area contributed by atoms with Gasteiger partial charge in [0.1, 0.15) is 5.75 Å². The summed E-state index contributed by atoms with van der Waals surface area (Å²) in [6.07, 6.45) is 0.145. The predicted molar refractivity (Wildman–Crippen MR) is 84.4 cm³/mol. The van der Waals surface area contributed by atoms with Crippen LogP contribution in [0.3, 0.4) is 0 Å². The van der Waals surface area contributed by atoms with Crippen molar-refractivity contribution < 1.29 is 9.53 Å². The van der Waals surface area contributed by atoms with Crippen molar-refractivity contribution in [2.45, 2.75) is 12.3 Å². The van der Waals surface area contributed by atoms with Gasteiger partial charge in [0.05, 0.1) is 19.1 Å². The molecule has 0 spiro atoms. The fourth-order valence-electron chi connectivity index (χ4n) is 2.15. The number of benzene rings is 2. The van der Waals surface area contributed by atoms with Crippen LogP contribution in [0.15, 0.2) is 53.0 Å². The van der Waals surface area contributed by atoms with Crippen LogP contribution in [0.1, 0.15) is 28.3 Å². The van der Waals surface area contributed by atoms with Gasteiger partial charge in [0, 0.05) is 16.5 Å². The standard InChI is InChI=1S/C17H14BrNO2/c1-21-13-7-8-16(18)15(11-13)17(20)14(9-10-19)12-5-3-2-4-6-12/h2-8,11,14H,9H2,1H3. The minimum absolute atomic E-state index is 0.0893. The Morgan fingerprint density at radius 3 is 2.62 bits per heavy atom. The van der Waals surface area contributed by atoms with Crippen molar-refractivity contribution in [1.29, 1.82) is 5.26 Å². The summed E-state index contributed by atoms with van der Waals surface area (Å²) in [5, 5.41) is 9.03. The molecule has 0 aliphatic carbocycles. The molecule has 0 fully saturated rings. The SMILES string of the molecule is COc1ccc(Br)c(C(=O)C(CC#N)c2ccccc2)c1. The summed E-state index contributed by atoms with van der Waals surface area (Å²) in [6.45, 7) is 0. The lowest BCUT2D eigenvalue weighted by atomic mass is 9.88. The normalized spacial score (nSPS) is 11.5. The highest BCUT2D eigenvalue weighted by molar-refractivity contribution is 9.10. The maximum atomic E-state index is 12.8. The van der Waals surface area contributed by atoms with Crippen molar-refractivity contribution in [2.24, 2.45) is 0 Å². The van der Waals surface area contributed by atoms with Crippen LogP contribution in [0.5, 0.6) is 5.75 Å². The molecule has 0 aliphatic rings. The molecule has 0 saturated heterocycles. The predicted octanol–water partition coefficient (Wildman–Crippen LogP) is 4.34. The van der Waals surface area contributed by atoms with Gasteiger partial charge in [-0.1, -0.05) is 46.3 Å². The number of Topliss-reactive ketones (excluding diaryl/α,β-unsaturated/α-hetero) is 1. The van der Waals surface area contributed by atoms with Crippen LogP contribution in [0.25, 0.3) is 0 Å². The van der Waals surface area contributed by atoms with Gasteiger partial charge in [-0.05, 0) is 23.8 Å². The van der Waals surface area contributed by atoms with E-state index in [4.69, 9.17) is 10.00 Å². The number of rotatable bonds is 5. The smallest absolute Gasteiger partial charge is 0.172 e. The first-order chi connectivity index (χ1) is 10.2. The molecule has 2 aromatic rings. The van der Waals surface area contributed by atoms with Gasteiger partial charge in [0.2, 0.25) is 0 Å². The van der Waals surface area contributed by atoms with Crippen molar-refractivity contribution in [2.75, 3.05) is 7.11 Å². The Bertz CT molecular complexity index is 677. The number of hydrogen-bond acceptors (Lipinski definition) is 3. The highest BCUT2D eigenvalue weighted by Crippen LogP contribution is 2.30. The minimum atomic E-state index is -0.473. The molecule has 0 N–H and O–H groups in total. The van der Waals surface area contributed by atoms with Crippen LogP contribution >= 0.6 is 15.9 Å². The molecular weight excluding hydrogens is 330 g/mol. The van der Waals surface area contributed by atoms with Crippen LogP contribution < -0.4 is 4.74 Å². The first-order valence-corrected chi connectivity index (χ1v) is 7.26. The van der Waals surface area contributed by atoms with Gasteiger partial charge >= 0.3 is 0 Å². The molecule has 0 radical (unpaired) electrons. The molecule has 2 rings (SSSR count). The summed E-state index contributed by atoms with van der Waals surface area (Å²) in [4.78, 5) is 12.8. The summed E-state index contributed by atoms with van der Waals surface area (Å²) in [7, 11) is 1.56. The second-order valence-electron chi connectivity index (χ2n) is 4.54. The average molecular weight is 344 g/mol. The van der Waals surface area contributed by atoms with E-state index in [0.29, 0.717) is 15.8 Å². The molecule has 1 unspecified atom stereocenters. The maximum Gasteiger partial charge on any atom is 0.172 e. The summed E-state index contributed by atoms with van der Waals surface area (Å²) in [6, 6.07) is 16.7. The van der Waals surface area contributed by atoms with E-state index in [2.05, 4.69) is 22.0 Å². The number of nitrogens with zero attached hydrogens (tertiary/aromatic N) is 1. The number of ether oxygens (including phenoxy) is 1. The fourth-order valence-corrected chi connectivity index (χ4v) is 2.59. The molecule has 0 aliphatic heterocycles. The zero-order chi connectivity index (χ0) is 15.2. The highest BCUT2D eigenvalue weighted by Gasteiger charge is 2.24. The number of ketones is 1. The van der Waals surface area contributed by atoms with Crippen LogP contribution in [-0.2, 0) is 0 Å². The number of hydrogen-bond donors (Lipinski definition) is 0. The molecule has 0 aromatic heterocycles. The monoisotopic (exact) mass is 343 g/mol. The Morgan fingerprint density at radius 2 is 2.00 bits per heavy atom. The van der Waals surface area contributed by atoms with Crippen LogP contribution in [-0.4, -0.2) is 12.9 Å². The van der Waals surface area contributed by atoms with Gasteiger partial charge in [-0.3, -0.25) is 4.79 Å². The third kappa shape index (κ3) is 3.50. The lowest BCUT2D eigenvalue weighted by Gasteiger charge is -2.15. The lowest BCUT2D eigenvalue weighted by molar-refractivity contribution is 0.0959. The largest absolute Gasteiger partial charge is 0.497 e. The third-order valence-electron chi connectivity index (χ3n) is 3.25. The van der Waals surface area contributed by atoms with E-state index in [9.17, 15) is 4.79 Å². The summed E-state index contributed by atoms with van der Waals surface area (Å²) in [5.74, 6) is 0.0541. The lowest BCUT2D eigenvalue weighted by Crippen LogP contribution is -2.13. The Morgan fingerprint density at radius 1 is 1.29 bits per heavy atom. The Hall–Kier alpha value is -2.12. The van der Waals surface area contributed by atoms with Crippen molar-refractivity contribution in [3.8, 4) is 11.8 Å². The molecule has 0 saturated carbocycles. The van der Waals surface area contributed by atoms with Crippen LogP contribution in [0.4, 0.5) is 0 Å².